The summed E-state index contributed by atoms with van der Waals surface area (Å²) in [5.74, 6) is 1.37. The van der Waals surface area contributed by atoms with E-state index in [9.17, 15) is 9.59 Å². The summed E-state index contributed by atoms with van der Waals surface area (Å²) in [6.45, 7) is 2.76. The Bertz CT molecular complexity index is 1270. The van der Waals surface area contributed by atoms with Gasteiger partial charge in [0.05, 0.1) is 29.7 Å². The molecule has 2 heterocycles. The van der Waals surface area contributed by atoms with Gasteiger partial charge in [-0.05, 0) is 24.6 Å². The Morgan fingerprint density at radius 1 is 1.10 bits per heavy atom. The molecule has 8 nitrogen and oxygen atoms in total. The summed E-state index contributed by atoms with van der Waals surface area (Å²) in [5.41, 5.74) is 1.54. The molecule has 9 heteroatoms. The Morgan fingerprint density at radius 2 is 1.84 bits per heavy atom. The lowest BCUT2D eigenvalue weighted by molar-refractivity contribution is -0.127. The van der Waals surface area contributed by atoms with Crippen molar-refractivity contribution in [1.29, 1.82) is 0 Å². The first-order valence-electron chi connectivity index (χ1n) is 9.79. The normalized spacial score (nSPS) is 11.0. The molecule has 4 aromatic rings. The van der Waals surface area contributed by atoms with Gasteiger partial charge < -0.3 is 14.5 Å². The van der Waals surface area contributed by atoms with E-state index in [1.54, 1.807) is 30.1 Å². The molecule has 0 saturated carbocycles. The van der Waals surface area contributed by atoms with Crippen LogP contribution in [-0.2, 0) is 17.9 Å². The number of benzene rings is 2. The van der Waals surface area contributed by atoms with Crippen LogP contribution in [0.4, 0.5) is 0 Å². The molecule has 0 saturated heterocycles. The Morgan fingerprint density at radius 3 is 2.65 bits per heavy atom. The first-order chi connectivity index (χ1) is 15.0. The molecule has 2 aromatic carbocycles. The second kappa shape index (κ2) is 9.13. The second-order valence-electron chi connectivity index (χ2n) is 7.17. The number of hydrogen-bond donors (Lipinski definition) is 1. The topological polar surface area (TPSA) is 96.8 Å². The number of aromatic nitrogens is 5. The first kappa shape index (κ1) is 20.8. The van der Waals surface area contributed by atoms with Gasteiger partial charge in [0.25, 0.3) is 5.56 Å². The van der Waals surface area contributed by atoms with E-state index in [2.05, 4.69) is 20.2 Å². The molecule has 31 heavy (non-hydrogen) atoms. The third-order valence-electron chi connectivity index (χ3n) is 4.88. The first-order valence-corrected chi connectivity index (χ1v) is 10.8. The monoisotopic (exact) mass is 434 g/mol. The molecule has 0 aliphatic carbocycles. The van der Waals surface area contributed by atoms with Crippen molar-refractivity contribution >= 4 is 28.6 Å². The SMILES string of the molecule is Cc1nnc(SCC(=O)N(C)Cc2nc3ccccc3c(=O)[nH]2)n1Cc1ccccc1. The van der Waals surface area contributed by atoms with Crippen LogP contribution in [0.25, 0.3) is 10.9 Å². The van der Waals surface area contributed by atoms with Crippen LogP contribution < -0.4 is 5.56 Å². The molecule has 1 amide bonds. The van der Waals surface area contributed by atoms with E-state index >= 15 is 0 Å². The number of thioether (sulfide) groups is 1. The minimum Gasteiger partial charge on any atom is -0.338 e. The van der Waals surface area contributed by atoms with E-state index in [1.807, 2.05) is 47.9 Å². The van der Waals surface area contributed by atoms with Gasteiger partial charge in [0.1, 0.15) is 11.6 Å². The van der Waals surface area contributed by atoms with Crippen molar-refractivity contribution in [2.75, 3.05) is 12.8 Å². The van der Waals surface area contributed by atoms with E-state index in [0.717, 1.165) is 11.4 Å². The highest BCUT2D eigenvalue weighted by Crippen LogP contribution is 2.19. The molecule has 2 aromatic heterocycles. The zero-order chi connectivity index (χ0) is 21.8. The summed E-state index contributed by atoms with van der Waals surface area (Å²) in [6, 6.07) is 17.2. The molecule has 0 radical (unpaired) electrons. The molecule has 0 aliphatic rings. The molecule has 4 rings (SSSR count). The number of amides is 1. The summed E-state index contributed by atoms with van der Waals surface area (Å²) in [6.07, 6.45) is 0. The number of H-pyrrole nitrogens is 1. The third-order valence-corrected chi connectivity index (χ3v) is 5.84. The number of nitrogens with zero attached hydrogens (tertiary/aromatic N) is 5. The number of carbonyl (C=O) groups excluding carboxylic acids is 1. The Balaban J connectivity index is 1.41. The maximum atomic E-state index is 12.7. The van der Waals surface area contributed by atoms with Crippen LogP contribution >= 0.6 is 11.8 Å². The number of aryl methyl sites for hydroxylation is 1. The molecule has 0 unspecified atom stereocenters. The molecule has 0 fully saturated rings. The smallest absolute Gasteiger partial charge is 0.258 e. The van der Waals surface area contributed by atoms with Gasteiger partial charge in [0.15, 0.2) is 5.16 Å². The fourth-order valence-electron chi connectivity index (χ4n) is 3.18. The summed E-state index contributed by atoms with van der Waals surface area (Å²) in [5, 5.41) is 9.60. The van der Waals surface area contributed by atoms with Crippen LogP contribution in [0, 0.1) is 6.92 Å². The van der Waals surface area contributed by atoms with E-state index < -0.39 is 0 Å². The maximum Gasteiger partial charge on any atom is 0.258 e. The number of hydrogen-bond acceptors (Lipinski definition) is 6. The van der Waals surface area contributed by atoms with Gasteiger partial charge in [0, 0.05) is 7.05 Å². The molecule has 0 spiro atoms. The van der Waals surface area contributed by atoms with Crippen LogP contribution in [0.15, 0.2) is 64.5 Å². The minimum atomic E-state index is -0.208. The van der Waals surface area contributed by atoms with Gasteiger partial charge in [-0.15, -0.1) is 10.2 Å². The number of para-hydroxylation sites is 1. The van der Waals surface area contributed by atoms with Crippen molar-refractivity contribution in [3.63, 3.8) is 0 Å². The van der Waals surface area contributed by atoms with Crippen molar-refractivity contribution in [1.82, 2.24) is 29.6 Å². The minimum absolute atomic E-state index is 0.0901. The van der Waals surface area contributed by atoms with Crippen molar-refractivity contribution in [2.45, 2.75) is 25.2 Å². The highest BCUT2D eigenvalue weighted by Gasteiger charge is 2.16. The number of fused-ring (bicyclic) bond motifs is 1. The second-order valence-corrected chi connectivity index (χ2v) is 8.11. The Kier molecular flexibility index (Phi) is 6.13. The van der Waals surface area contributed by atoms with Crippen LogP contribution in [0.1, 0.15) is 17.2 Å². The van der Waals surface area contributed by atoms with Gasteiger partial charge in [-0.25, -0.2) is 4.98 Å². The molecule has 0 atom stereocenters. The van der Waals surface area contributed by atoms with Crippen LogP contribution in [0.3, 0.4) is 0 Å². The zero-order valence-corrected chi connectivity index (χ0v) is 18.1. The summed E-state index contributed by atoms with van der Waals surface area (Å²) < 4.78 is 2.00. The van der Waals surface area contributed by atoms with Crippen LogP contribution in [0.2, 0.25) is 0 Å². The summed E-state index contributed by atoms with van der Waals surface area (Å²) in [4.78, 5) is 33.7. The maximum absolute atomic E-state index is 12.7. The lowest BCUT2D eigenvalue weighted by atomic mass is 10.2. The van der Waals surface area contributed by atoms with E-state index in [4.69, 9.17) is 0 Å². The average Bonchev–Trinajstić information content (AvgIpc) is 3.12. The lowest BCUT2D eigenvalue weighted by Crippen LogP contribution is -2.29. The predicted octanol–water partition coefficient (Wildman–Crippen LogP) is 2.62. The highest BCUT2D eigenvalue weighted by atomic mass is 32.2. The largest absolute Gasteiger partial charge is 0.338 e. The highest BCUT2D eigenvalue weighted by molar-refractivity contribution is 7.99. The van der Waals surface area contributed by atoms with Crippen molar-refractivity contribution in [2.24, 2.45) is 0 Å². The fourth-order valence-corrected chi connectivity index (χ4v) is 4.10. The van der Waals surface area contributed by atoms with E-state index in [0.29, 0.717) is 28.4 Å². The molecule has 0 bridgehead atoms. The van der Waals surface area contributed by atoms with Gasteiger partial charge in [-0.2, -0.15) is 0 Å². The molecule has 0 aliphatic heterocycles. The standard InChI is InChI=1S/C22H22N6O2S/c1-15-25-26-22(28(15)12-16-8-4-3-5-9-16)31-14-20(29)27(2)13-19-23-18-11-7-6-10-17(18)21(30)24-19/h3-11H,12-14H2,1-2H3,(H,23,24,30). The van der Waals surface area contributed by atoms with E-state index in [-0.39, 0.29) is 23.8 Å². The van der Waals surface area contributed by atoms with Crippen molar-refractivity contribution < 1.29 is 4.79 Å². The molecular formula is C22H22N6O2S. The van der Waals surface area contributed by atoms with Crippen LogP contribution in [-0.4, -0.2) is 48.3 Å². The molecule has 158 valence electrons. The molecule has 1 N–H and O–H groups in total. The zero-order valence-electron chi connectivity index (χ0n) is 17.3. The lowest BCUT2D eigenvalue weighted by Gasteiger charge is -2.16. The number of aromatic amines is 1. The van der Waals surface area contributed by atoms with Gasteiger partial charge >= 0.3 is 0 Å². The van der Waals surface area contributed by atoms with Gasteiger partial charge in [-0.3, -0.25) is 9.59 Å². The van der Waals surface area contributed by atoms with Crippen LogP contribution in [0.5, 0.6) is 0 Å². The average molecular weight is 435 g/mol. The number of nitrogens with one attached hydrogen (secondary N) is 1. The third kappa shape index (κ3) is 4.83. The predicted molar refractivity (Wildman–Crippen MR) is 120 cm³/mol. The van der Waals surface area contributed by atoms with Gasteiger partial charge in [-0.1, -0.05) is 54.2 Å². The summed E-state index contributed by atoms with van der Waals surface area (Å²) >= 11 is 1.35. The summed E-state index contributed by atoms with van der Waals surface area (Å²) in [7, 11) is 1.69. The number of carbonyl (C=O) groups is 1. The molecular weight excluding hydrogens is 412 g/mol. The Hall–Kier alpha value is -3.46. The quantitative estimate of drug-likeness (QED) is 0.449. The number of rotatable bonds is 7. The van der Waals surface area contributed by atoms with E-state index in [1.165, 1.54) is 11.8 Å². The van der Waals surface area contributed by atoms with Crippen molar-refractivity contribution in [3.05, 3.63) is 82.2 Å². The van der Waals surface area contributed by atoms with Crippen molar-refractivity contribution in [3.8, 4) is 0 Å². The Labute approximate surface area is 183 Å². The fraction of sp³-hybridized carbons (Fsp3) is 0.227. The van der Waals surface area contributed by atoms with Gasteiger partial charge in [0.2, 0.25) is 5.91 Å².